The zero-order valence-corrected chi connectivity index (χ0v) is 13.4. The summed E-state index contributed by atoms with van der Waals surface area (Å²) in [6.45, 7) is 10.2. The van der Waals surface area contributed by atoms with Gasteiger partial charge in [0.1, 0.15) is 0 Å². The number of hydrogen-bond donors (Lipinski definition) is 2. The van der Waals surface area contributed by atoms with Crippen LogP contribution >= 0.6 is 24.8 Å². The second-order valence-corrected chi connectivity index (χ2v) is 4.07. The predicted octanol–water partition coefficient (Wildman–Crippen LogP) is 1.81. The molecule has 0 spiro atoms. The Kier molecular flexibility index (Phi) is 19.3. The van der Waals surface area contributed by atoms with E-state index in [1.807, 2.05) is 6.92 Å². The Morgan fingerprint density at radius 1 is 1.22 bits per heavy atom. The zero-order chi connectivity index (χ0) is 12.4. The molecule has 0 radical (unpaired) electrons. The van der Waals surface area contributed by atoms with Crippen LogP contribution in [0.15, 0.2) is 0 Å². The smallest absolute Gasteiger partial charge is 0.236 e. The topological polar surface area (TPSA) is 58.4 Å². The fraction of sp³-hybridized carbons (Fsp3) is 0.917. The fourth-order valence-electron chi connectivity index (χ4n) is 1.63. The number of nitrogens with zero attached hydrogens (tertiary/aromatic N) is 1. The van der Waals surface area contributed by atoms with Gasteiger partial charge < -0.3 is 16.0 Å². The molecular weight excluding hydrogens is 273 g/mol. The van der Waals surface area contributed by atoms with Crippen LogP contribution in [-0.2, 0) is 4.79 Å². The van der Waals surface area contributed by atoms with Gasteiger partial charge in [-0.1, -0.05) is 27.2 Å². The molecule has 0 fully saturated rings. The first-order chi connectivity index (χ1) is 7.65. The Hall–Kier alpha value is -0.0300. The molecule has 0 bridgehead atoms. The molecule has 3 N–H and O–H groups in total. The van der Waals surface area contributed by atoms with Gasteiger partial charge >= 0.3 is 0 Å². The van der Waals surface area contributed by atoms with Crippen molar-refractivity contribution in [3.8, 4) is 0 Å². The van der Waals surface area contributed by atoms with Crippen molar-refractivity contribution in [2.24, 2.45) is 5.73 Å². The minimum Gasteiger partial charge on any atom is -0.355 e. The van der Waals surface area contributed by atoms with Crippen LogP contribution in [0.25, 0.3) is 0 Å². The number of carbonyl (C=O) groups is 1. The molecular formula is C12H29Cl2N3O. The summed E-state index contributed by atoms with van der Waals surface area (Å²) in [5, 5.41) is 2.88. The first-order valence-electron chi connectivity index (χ1n) is 6.41. The lowest BCUT2D eigenvalue weighted by atomic mass is 10.1. The Balaban J connectivity index is -0.00000112. The largest absolute Gasteiger partial charge is 0.355 e. The van der Waals surface area contributed by atoms with E-state index in [0.717, 1.165) is 45.4 Å². The van der Waals surface area contributed by atoms with Crippen molar-refractivity contribution in [2.75, 3.05) is 26.2 Å². The molecule has 0 aliphatic rings. The van der Waals surface area contributed by atoms with Crippen LogP contribution in [-0.4, -0.2) is 43.0 Å². The zero-order valence-electron chi connectivity index (χ0n) is 11.8. The highest BCUT2D eigenvalue weighted by molar-refractivity contribution is 5.85. The molecule has 18 heavy (non-hydrogen) atoms. The van der Waals surface area contributed by atoms with Gasteiger partial charge in [0.2, 0.25) is 5.91 Å². The summed E-state index contributed by atoms with van der Waals surface area (Å²) in [6.07, 6.45) is 2.71. The fourth-order valence-corrected chi connectivity index (χ4v) is 1.63. The maximum atomic E-state index is 11.5. The standard InChI is InChI=1S/C12H27N3O.2ClH/c1-4-8-11(13)12(16)14-9-7-10-15(5-2)6-3;;/h11H,4-10,13H2,1-3H3,(H,14,16);2*1H. The summed E-state index contributed by atoms with van der Waals surface area (Å²) >= 11 is 0. The molecule has 0 heterocycles. The van der Waals surface area contributed by atoms with Gasteiger partial charge in [0.05, 0.1) is 6.04 Å². The third-order valence-electron chi connectivity index (χ3n) is 2.78. The second-order valence-electron chi connectivity index (χ2n) is 4.07. The molecule has 6 heteroatoms. The Morgan fingerprint density at radius 2 is 1.78 bits per heavy atom. The summed E-state index contributed by atoms with van der Waals surface area (Å²) in [6, 6.07) is -0.335. The predicted molar refractivity (Wildman–Crippen MR) is 82.8 cm³/mol. The van der Waals surface area contributed by atoms with Crippen molar-refractivity contribution in [3.63, 3.8) is 0 Å². The lowest BCUT2D eigenvalue weighted by Crippen LogP contribution is -2.41. The Morgan fingerprint density at radius 3 is 2.22 bits per heavy atom. The van der Waals surface area contributed by atoms with Crippen LogP contribution in [0.4, 0.5) is 0 Å². The summed E-state index contributed by atoms with van der Waals surface area (Å²) in [7, 11) is 0. The number of amides is 1. The number of nitrogens with one attached hydrogen (secondary N) is 1. The number of nitrogens with two attached hydrogens (primary N) is 1. The average Bonchev–Trinajstić information content (AvgIpc) is 2.29. The van der Waals surface area contributed by atoms with Crippen LogP contribution < -0.4 is 11.1 Å². The van der Waals surface area contributed by atoms with Gasteiger partial charge in [0.15, 0.2) is 0 Å². The van der Waals surface area contributed by atoms with Crippen molar-refractivity contribution in [1.82, 2.24) is 10.2 Å². The van der Waals surface area contributed by atoms with Crippen LogP contribution in [0, 0.1) is 0 Å². The van der Waals surface area contributed by atoms with Crippen LogP contribution in [0.3, 0.4) is 0 Å². The van der Waals surface area contributed by atoms with Crippen molar-refractivity contribution in [2.45, 2.75) is 46.1 Å². The van der Waals surface area contributed by atoms with E-state index in [2.05, 4.69) is 24.1 Å². The molecule has 1 unspecified atom stereocenters. The van der Waals surface area contributed by atoms with E-state index in [-0.39, 0.29) is 36.8 Å². The van der Waals surface area contributed by atoms with Crippen LogP contribution in [0.2, 0.25) is 0 Å². The highest BCUT2D eigenvalue weighted by atomic mass is 35.5. The molecule has 4 nitrogen and oxygen atoms in total. The Labute approximate surface area is 124 Å². The average molecular weight is 302 g/mol. The van der Waals surface area contributed by atoms with Crippen molar-refractivity contribution in [3.05, 3.63) is 0 Å². The SMILES string of the molecule is CCCC(N)C(=O)NCCCN(CC)CC.Cl.Cl. The van der Waals surface area contributed by atoms with Gasteiger partial charge in [-0.3, -0.25) is 4.79 Å². The molecule has 1 atom stereocenters. The van der Waals surface area contributed by atoms with E-state index >= 15 is 0 Å². The molecule has 0 aromatic carbocycles. The number of rotatable bonds is 9. The van der Waals surface area contributed by atoms with Gasteiger partial charge in [0, 0.05) is 6.54 Å². The highest BCUT2D eigenvalue weighted by Crippen LogP contribution is 1.93. The van der Waals surface area contributed by atoms with E-state index in [1.54, 1.807) is 0 Å². The number of carbonyl (C=O) groups excluding carboxylic acids is 1. The molecule has 0 aromatic rings. The maximum Gasteiger partial charge on any atom is 0.236 e. The molecule has 0 saturated heterocycles. The maximum absolute atomic E-state index is 11.5. The molecule has 0 aliphatic heterocycles. The molecule has 0 saturated carbocycles. The van der Waals surface area contributed by atoms with Crippen LogP contribution in [0.1, 0.15) is 40.0 Å². The molecule has 1 amide bonds. The molecule has 0 rings (SSSR count). The number of hydrogen-bond acceptors (Lipinski definition) is 3. The first kappa shape index (κ1) is 23.1. The van der Waals surface area contributed by atoms with Crippen molar-refractivity contribution < 1.29 is 4.79 Å². The molecule has 112 valence electrons. The van der Waals surface area contributed by atoms with Crippen LogP contribution in [0.5, 0.6) is 0 Å². The van der Waals surface area contributed by atoms with E-state index in [9.17, 15) is 4.79 Å². The summed E-state index contributed by atoms with van der Waals surface area (Å²) < 4.78 is 0. The summed E-state index contributed by atoms with van der Waals surface area (Å²) in [5.74, 6) is -0.0126. The van der Waals surface area contributed by atoms with E-state index in [1.165, 1.54) is 0 Å². The monoisotopic (exact) mass is 301 g/mol. The third kappa shape index (κ3) is 11.1. The van der Waals surface area contributed by atoms with E-state index < -0.39 is 0 Å². The van der Waals surface area contributed by atoms with E-state index in [0.29, 0.717) is 0 Å². The quantitative estimate of drug-likeness (QED) is 0.639. The van der Waals surface area contributed by atoms with Gasteiger partial charge in [-0.25, -0.2) is 0 Å². The summed E-state index contributed by atoms with van der Waals surface area (Å²) in [5.41, 5.74) is 5.70. The number of halogens is 2. The highest BCUT2D eigenvalue weighted by Gasteiger charge is 2.10. The van der Waals surface area contributed by atoms with Crippen molar-refractivity contribution in [1.29, 1.82) is 0 Å². The van der Waals surface area contributed by atoms with Gasteiger partial charge in [-0.05, 0) is 32.5 Å². The normalized spacial score (nSPS) is 11.4. The second kappa shape index (κ2) is 15.0. The molecule has 0 aliphatic carbocycles. The minimum absolute atomic E-state index is 0. The van der Waals surface area contributed by atoms with Gasteiger partial charge in [-0.15, -0.1) is 24.8 Å². The Bertz CT molecular complexity index is 190. The van der Waals surface area contributed by atoms with Gasteiger partial charge in [-0.2, -0.15) is 0 Å². The minimum atomic E-state index is -0.335. The lowest BCUT2D eigenvalue weighted by molar-refractivity contribution is -0.122. The molecule has 0 aromatic heterocycles. The lowest BCUT2D eigenvalue weighted by Gasteiger charge is -2.18. The summed E-state index contributed by atoms with van der Waals surface area (Å²) in [4.78, 5) is 13.8. The van der Waals surface area contributed by atoms with Gasteiger partial charge in [0.25, 0.3) is 0 Å². The van der Waals surface area contributed by atoms with Crippen molar-refractivity contribution >= 4 is 30.7 Å². The third-order valence-corrected chi connectivity index (χ3v) is 2.78. The van der Waals surface area contributed by atoms with E-state index in [4.69, 9.17) is 5.73 Å². The first-order valence-corrected chi connectivity index (χ1v) is 6.41.